The van der Waals surface area contributed by atoms with Gasteiger partial charge in [-0.1, -0.05) is 6.07 Å². The highest BCUT2D eigenvalue weighted by Gasteiger charge is 2.07. The minimum absolute atomic E-state index is 0.173. The molecular weight excluding hydrogens is 186 g/mol. The van der Waals surface area contributed by atoms with E-state index in [-0.39, 0.29) is 12.1 Å². The molecule has 0 spiro atoms. The van der Waals surface area contributed by atoms with Crippen molar-refractivity contribution in [3.05, 3.63) is 29.3 Å². The fraction of sp³-hybridized carbons (Fsp3) is 0.538. The monoisotopic (exact) mass is 207 g/mol. The normalized spacial score (nSPS) is 14.7. The second kappa shape index (κ2) is 5.17. The minimum atomic E-state index is 0.173. The summed E-state index contributed by atoms with van der Waals surface area (Å²) >= 11 is 0. The third-order valence-electron chi connectivity index (χ3n) is 2.52. The van der Waals surface area contributed by atoms with Gasteiger partial charge in [-0.2, -0.15) is 0 Å². The Kier molecular flexibility index (Phi) is 4.15. The Morgan fingerprint density at radius 2 is 1.87 bits per heavy atom. The lowest BCUT2D eigenvalue weighted by atomic mass is 10.1. The van der Waals surface area contributed by atoms with Gasteiger partial charge in [0.05, 0.1) is 6.10 Å². The Balaban J connectivity index is 2.60. The molecule has 15 heavy (non-hydrogen) atoms. The van der Waals surface area contributed by atoms with E-state index < -0.39 is 0 Å². The smallest absolute Gasteiger partial charge is 0.119 e. The van der Waals surface area contributed by atoms with Crippen LogP contribution in [0.1, 0.15) is 31.4 Å². The standard InChI is InChI=1S/C13H21NO/c1-9-5-6-13(7-10(9)2)15-12(4)8-11(3)14/h5-7,11-12H,8,14H2,1-4H3. The predicted octanol–water partition coefficient (Wildman–Crippen LogP) is 2.81. The average molecular weight is 207 g/mol. The molecule has 2 atom stereocenters. The lowest BCUT2D eigenvalue weighted by molar-refractivity contribution is 0.203. The molecule has 1 rings (SSSR count). The molecule has 0 saturated heterocycles. The van der Waals surface area contributed by atoms with Crippen LogP contribution < -0.4 is 10.5 Å². The third kappa shape index (κ3) is 3.92. The first-order valence-electron chi connectivity index (χ1n) is 5.48. The van der Waals surface area contributed by atoms with E-state index in [1.807, 2.05) is 13.0 Å². The topological polar surface area (TPSA) is 35.2 Å². The number of hydrogen-bond acceptors (Lipinski definition) is 2. The molecule has 1 aromatic rings. The van der Waals surface area contributed by atoms with Gasteiger partial charge in [0, 0.05) is 6.04 Å². The number of ether oxygens (including phenoxy) is 1. The zero-order chi connectivity index (χ0) is 11.4. The van der Waals surface area contributed by atoms with Crippen molar-refractivity contribution in [2.45, 2.75) is 46.3 Å². The molecule has 0 aromatic heterocycles. The summed E-state index contributed by atoms with van der Waals surface area (Å²) in [4.78, 5) is 0. The van der Waals surface area contributed by atoms with Crippen LogP contribution in [0.4, 0.5) is 0 Å². The van der Waals surface area contributed by atoms with Crippen LogP contribution in [0, 0.1) is 13.8 Å². The summed E-state index contributed by atoms with van der Waals surface area (Å²) in [6, 6.07) is 6.36. The van der Waals surface area contributed by atoms with E-state index in [0.29, 0.717) is 0 Å². The number of rotatable bonds is 4. The molecule has 0 aliphatic heterocycles. The molecule has 0 saturated carbocycles. The maximum atomic E-state index is 5.78. The maximum Gasteiger partial charge on any atom is 0.119 e. The highest BCUT2D eigenvalue weighted by molar-refractivity contribution is 5.33. The van der Waals surface area contributed by atoms with Gasteiger partial charge in [0.25, 0.3) is 0 Å². The van der Waals surface area contributed by atoms with Crippen LogP contribution in [0.5, 0.6) is 5.75 Å². The van der Waals surface area contributed by atoms with E-state index in [4.69, 9.17) is 10.5 Å². The van der Waals surface area contributed by atoms with Crippen molar-refractivity contribution in [3.63, 3.8) is 0 Å². The Bertz CT molecular complexity index is 320. The number of nitrogens with two attached hydrogens (primary N) is 1. The summed E-state index contributed by atoms with van der Waals surface area (Å²) in [7, 11) is 0. The Hall–Kier alpha value is -1.02. The minimum Gasteiger partial charge on any atom is -0.491 e. The molecule has 2 heteroatoms. The Morgan fingerprint density at radius 1 is 1.20 bits per heavy atom. The summed E-state index contributed by atoms with van der Waals surface area (Å²) < 4.78 is 5.78. The second-order valence-electron chi connectivity index (χ2n) is 4.39. The zero-order valence-electron chi connectivity index (χ0n) is 10.1. The molecule has 2 unspecified atom stereocenters. The van der Waals surface area contributed by atoms with Gasteiger partial charge in [-0.05, 0) is 57.4 Å². The van der Waals surface area contributed by atoms with Gasteiger partial charge in [-0.15, -0.1) is 0 Å². The molecule has 1 aromatic carbocycles. The molecule has 0 fully saturated rings. The first-order valence-corrected chi connectivity index (χ1v) is 5.48. The second-order valence-corrected chi connectivity index (χ2v) is 4.39. The number of hydrogen-bond donors (Lipinski definition) is 1. The highest BCUT2D eigenvalue weighted by atomic mass is 16.5. The van der Waals surface area contributed by atoms with Crippen molar-refractivity contribution >= 4 is 0 Å². The maximum absolute atomic E-state index is 5.78. The van der Waals surface area contributed by atoms with Crippen molar-refractivity contribution < 1.29 is 4.74 Å². The molecule has 0 amide bonds. The van der Waals surface area contributed by atoms with Crippen LogP contribution in [-0.4, -0.2) is 12.1 Å². The molecule has 0 bridgehead atoms. The first kappa shape index (κ1) is 12.1. The van der Waals surface area contributed by atoms with Crippen molar-refractivity contribution in [1.82, 2.24) is 0 Å². The van der Waals surface area contributed by atoms with Crippen LogP contribution in [0.25, 0.3) is 0 Å². The van der Waals surface area contributed by atoms with Gasteiger partial charge < -0.3 is 10.5 Å². The zero-order valence-corrected chi connectivity index (χ0v) is 10.1. The lowest BCUT2D eigenvalue weighted by Crippen LogP contribution is -2.24. The van der Waals surface area contributed by atoms with Gasteiger partial charge in [0.1, 0.15) is 5.75 Å². The van der Waals surface area contributed by atoms with Crippen molar-refractivity contribution in [2.75, 3.05) is 0 Å². The number of aryl methyl sites for hydroxylation is 2. The van der Waals surface area contributed by atoms with Gasteiger partial charge >= 0.3 is 0 Å². The molecule has 2 N–H and O–H groups in total. The first-order chi connectivity index (χ1) is 6.99. The fourth-order valence-corrected chi connectivity index (χ4v) is 1.59. The Morgan fingerprint density at radius 3 is 2.40 bits per heavy atom. The predicted molar refractivity (Wildman–Crippen MR) is 64.3 cm³/mol. The van der Waals surface area contributed by atoms with Crippen LogP contribution >= 0.6 is 0 Å². The summed E-state index contributed by atoms with van der Waals surface area (Å²) in [5.74, 6) is 0.936. The molecule has 0 aliphatic carbocycles. The largest absolute Gasteiger partial charge is 0.491 e. The van der Waals surface area contributed by atoms with Gasteiger partial charge in [-0.3, -0.25) is 0 Å². The summed E-state index contributed by atoms with van der Waals surface area (Å²) in [6.45, 7) is 8.25. The quantitative estimate of drug-likeness (QED) is 0.824. The molecule has 84 valence electrons. The van der Waals surface area contributed by atoms with Crippen LogP contribution in [-0.2, 0) is 0 Å². The van der Waals surface area contributed by atoms with E-state index in [1.54, 1.807) is 0 Å². The van der Waals surface area contributed by atoms with Gasteiger partial charge in [0.15, 0.2) is 0 Å². The van der Waals surface area contributed by atoms with Gasteiger partial charge in [-0.25, -0.2) is 0 Å². The van der Waals surface area contributed by atoms with Crippen LogP contribution in [0.3, 0.4) is 0 Å². The van der Waals surface area contributed by atoms with E-state index in [9.17, 15) is 0 Å². The molecular formula is C13H21NO. The van der Waals surface area contributed by atoms with E-state index in [0.717, 1.165) is 12.2 Å². The molecule has 0 heterocycles. The number of benzene rings is 1. The SMILES string of the molecule is Cc1ccc(OC(C)CC(C)N)cc1C. The van der Waals surface area contributed by atoms with E-state index >= 15 is 0 Å². The molecule has 0 radical (unpaired) electrons. The molecule has 2 nitrogen and oxygen atoms in total. The average Bonchev–Trinajstić information content (AvgIpc) is 2.10. The van der Waals surface area contributed by atoms with E-state index in [1.165, 1.54) is 11.1 Å². The summed E-state index contributed by atoms with van der Waals surface area (Å²) in [5, 5.41) is 0. The lowest BCUT2D eigenvalue weighted by Gasteiger charge is -2.17. The van der Waals surface area contributed by atoms with Crippen LogP contribution in [0.2, 0.25) is 0 Å². The van der Waals surface area contributed by atoms with Crippen molar-refractivity contribution in [2.24, 2.45) is 5.73 Å². The fourth-order valence-electron chi connectivity index (χ4n) is 1.59. The Labute approximate surface area is 92.4 Å². The van der Waals surface area contributed by atoms with Gasteiger partial charge in [0.2, 0.25) is 0 Å². The third-order valence-corrected chi connectivity index (χ3v) is 2.52. The van der Waals surface area contributed by atoms with Crippen molar-refractivity contribution in [3.8, 4) is 5.75 Å². The van der Waals surface area contributed by atoms with Crippen LogP contribution in [0.15, 0.2) is 18.2 Å². The molecule has 0 aliphatic rings. The van der Waals surface area contributed by atoms with E-state index in [2.05, 4.69) is 32.9 Å². The summed E-state index contributed by atoms with van der Waals surface area (Å²) in [6.07, 6.45) is 1.06. The summed E-state index contributed by atoms with van der Waals surface area (Å²) in [5.41, 5.74) is 8.28. The highest BCUT2D eigenvalue weighted by Crippen LogP contribution is 2.18. The van der Waals surface area contributed by atoms with Crippen molar-refractivity contribution in [1.29, 1.82) is 0 Å².